The van der Waals surface area contributed by atoms with Gasteiger partial charge in [-0.05, 0) is 29.5 Å². The summed E-state index contributed by atoms with van der Waals surface area (Å²) in [6.07, 6.45) is 0.773. The quantitative estimate of drug-likeness (QED) is 0.556. The second-order valence-corrected chi connectivity index (χ2v) is 7.87. The van der Waals surface area contributed by atoms with Gasteiger partial charge in [0.1, 0.15) is 16.4 Å². The van der Waals surface area contributed by atoms with Crippen molar-refractivity contribution in [1.82, 2.24) is 0 Å². The number of benzene rings is 2. The second kappa shape index (κ2) is 8.49. The first kappa shape index (κ1) is 19.3. The van der Waals surface area contributed by atoms with Gasteiger partial charge < -0.3 is 9.52 Å². The van der Waals surface area contributed by atoms with Crippen molar-refractivity contribution < 1.29 is 9.52 Å². The highest BCUT2D eigenvalue weighted by molar-refractivity contribution is 7.99. The highest BCUT2D eigenvalue weighted by atomic mass is 32.2. The van der Waals surface area contributed by atoms with Crippen molar-refractivity contribution >= 4 is 11.8 Å². The Kier molecular flexibility index (Phi) is 6.07. The fraction of sp³-hybridized carbons (Fsp3) is 0.261. The summed E-state index contributed by atoms with van der Waals surface area (Å²) >= 11 is 1.26. The third kappa shape index (κ3) is 4.28. The monoisotopic (exact) mass is 380 g/mol. The highest BCUT2D eigenvalue weighted by Crippen LogP contribution is 2.38. The van der Waals surface area contributed by atoms with Gasteiger partial charge in [0, 0.05) is 16.9 Å². The summed E-state index contributed by atoms with van der Waals surface area (Å²) < 4.78 is 5.63. The molecule has 1 heterocycles. The van der Waals surface area contributed by atoms with Crippen molar-refractivity contribution in [1.29, 1.82) is 0 Å². The zero-order valence-electron chi connectivity index (χ0n) is 15.8. The summed E-state index contributed by atoms with van der Waals surface area (Å²) in [5, 5.41) is 10.6. The molecule has 1 atom stereocenters. The first-order valence-corrected chi connectivity index (χ1v) is 10.0. The fourth-order valence-corrected chi connectivity index (χ4v) is 4.28. The molecule has 0 radical (unpaired) electrons. The minimum absolute atomic E-state index is 0.0285. The average Bonchev–Trinajstić information content (AvgIpc) is 2.66. The predicted molar refractivity (Wildman–Crippen MR) is 110 cm³/mol. The van der Waals surface area contributed by atoms with E-state index in [1.807, 2.05) is 61.5 Å². The molecule has 0 aliphatic heterocycles. The Labute approximate surface area is 164 Å². The zero-order valence-corrected chi connectivity index (χ0v) is 16.6. The van der Waals surface area contributed by atoms with E-state index in [1.54, 1.807) is 6.07 Å². The lowest BCUT2D eigenvalue weighted by Crippen LogP contribution is -2.08. The molecule has 0 spiro atoms. The Bertz CT molecular complexity index is 961. The smallest absolute Gasteiger partial charge is 0.353 e. The lowest BCUT2D eigenvalue weighted by Gasteiger charge is -2.16. The Morgan fingerprint density at radius 1 is 1.04 bits per heavy atom. The summed E-state index contributed by atoms with van der Waals surface area (Å²) in [6, 6.07) is 19.4. The van der Waals surface area contributed by atoms with E-state index in [9.17, 15) is 9.90 Å². The van der Waals surface area contributed by atoms with Crippen LogP contribution in [0.4, 0.5) is 0 Å². The summed E-state index contributed by atoms with van der Waals surface area (Å²) in [5.41, 5.74) is 1.71. The van der Waals surface area contributed by atoms with E-state index in [0.29, 0.717) is 11.7 Å². The molecule has 0 aliphatic rings. The van der Waals surface area contributed by atoms with Gasteiger partial charge in [0.15, 0.2) is 0 Å². The van der Waals surface area contributed by atoms with Crippen molar-refractivity contribution in [3.63, 3.8) is 0 Å². The number of hydrogen-bond donors (Lipinski definition) is 1. The molecular formula is C23H24O3S. The average molecular weight is 381 g/mol. The van der Waals surface area contributed by atoms with Gasteiger partial charge in [-0.3, -0.25) is 0 Å². The molecular weight excluding hydrogens is 356 g/mol. The van der Waals surface area contributed by atoms with E-state index in [4.69, 9.17) is 4.42 Å². The molecule has 0 bridgehead atoms. The van der Waals surface area contributed by atoms with Crippen LogP contribution in [-0.4, -0.2) is 5.11 Å². The van der Waals surface area contributed by atoms with Crippen LogP contribution in [0.25, 0.3) is 0 Å². The zero-order chi connectivity index (χ0) is 19.4. The minimum atomic E-state index is -0.497. The Balaban J connectivity index is 1.98. The van der Waals surface area contributed by atoms with E-state index < -0.39 is 5.63 Å². The molecule has 3 aromatic rings. The van der Waals surface area contributed by atoms with Gasteiger partial charge in [-0.15, -0.1) is 0 Å². The number of aromatic hydroxyl groups is 1. The molecule has 3 rings (SSSR count). The van der Waals surface area contributed by atoms with E-state index in [2.05, 4.69) is 13.8 Å². The molecule has 2 aromatic carbocycles. The maximum atomic E-state index is 12.7. The van der Waals surface area contributed by atoms with Crippen LogP contribution >= 0.6 is 11.8 Å². The van der Waals surface area contributed by atoms with Gasteiger partial charge in [0.25, 0.3) is 0 Å². The Morgan fingerprint density at radius 2 is 1.70 bits per heavy atom. The summed E-state index contributed by atoms with van der Waals surface area (Å²) in [4.78, 5) is 13.8. The molecule has 1 N–H and O–H groups in total. The largest absolute Gasteiger partial charge is 0.506 e. The molecule has 140 valence electrons. The van der Waals surface area contributed by atoms with Crippen LogP contribution in [0, 0.1) is 0 Å². The van der Waals surface area contributed by atoms with Gasteiger partial charge in [0.05, 0.1) is 0 Å². The van der Waals surface area contributed by atoms with Crippen LogP contribution in [0.3, 0.4) is 0 Å². The standard InChI is InChI=1S/C23H24O3S/c1-4-17(16-10-6-5-7-11-16)20-14-19(24)22(23(25)26-20)27-21-13-9-8-12-18(21)15(2)3/h5-15,17,24H,4H2,1-3H3. The number of rotatable bonds is 6. The van der Waals surface area contributed by atoms with Gasteiger partial charge >= 0.3 is 5.63 Å². The second-order valence-electron chi connectivity index (χ2n) is 6.82. The normalized spacial score (nSPS) is 12.3. The predicted octanol–water partition coefficient (Wildman–Crippen LogP) is 6.16. The Hall–Kier alpha value is -2.46. The summed E-state index contributed by atoms with van der Waals surface area (Å²) in [7, 11) is 0. The topological polar surface area (TPSA) is 50.4 Å². The van der Waals surface area contributed by atoms with Crippen molar-refractivity contribution in [3.8, 4) is 5.75 Å². The molecule has 0 aliphatic carbocycles. The lowest BCUT2D eigenvalue weighted by molar-refractivity contribution is 0.390. The third-order valence-electron chi connectivity index (χ3n) is 4.61. The molecule has 1 unspecified atom stereocenters. The minimum Gasteiger partial charge on any atom is -0.506 e. The SMILES string of the molecule is CCC(c1ccccc1)c1cc(O)c(Sc2ccccc2C(C)C)c(=O)o1. The van der Waals surface area contributed by atoms with Crippen LogP contribution in [0.15, 0.2) is 79.7 Å². The van der Waals surface area contributed by atoms with Crippen LogP contribution in [-0.2, 0) is 0 Å². The molecule has 0 saturated carbocycles. The third-order valence-corrected chi connectivity index (χ3v) is 5.79. The molecule has 0 amide bonds. The van der Waals surface area contributed by atoms with E-state index in [1.165, 1.54) is 11.8 Å². The van der Waals surface area contributed by atoms with E-state index in [0.717, 1.165) is 22.4 Å². The molecule has 4 heteroatoms. The van der Waals surface area contributed by atoms with E-state index in [-0.39, 0.29) is 16.6 Å². The van der Waals surface area contributed by atoms with Gasteiger partial charge in [-0.25, -0.2) is 4.79 Å². The first-order chi connectivity index (χ1) is 13.0. The van der Waals surface area contributed by atoms with Gasteiger partial charge in [-0.2, -0.15) is 0 Å². The maximum absolute atomic E-state index is 12.7. The number of hydrogen-bond acceptors (Lipinski definition) is 4. The lowest BCUT2D eigenvalue weighted by atomic mass is 9.94. The Morgan fingerprint density at radius 3 is 2.33 bits per heavy atom. The van der Waals surface area contributed by atoms with Gasteiger partial charge in [-0.1, -0.05) is 81.1 Å². The van der Waals surface area contributed by atoms with Crippen LogP contribution in [0.2, 0.25) is 0 Å². The van der Waals surface area contributed by atoms with Gasteiger partial charge in [0.2, 0.25) is 0 Å². The highest BCUT2D eigenvalue weighted by Gasteiger charge is 2.20. The molecule has 3 nitrogen and oxygen atoms in total. The molecule has 0 fully saturated rings. The van der Waals surface area contributed by atoms with Crippen LogP contribution < -0.4 is 5.63 Å². The van der Waals surface area contributed by atoms with Crippen LogP contribution in [0.1, 0.15) is 55.9 Å². The molecule has 27 heavy (non-hydrogen) atoms. The summed E-state index contributed by atoms with van der Waals surface area (Å²) in [6.45, 7) is 6.25. The van der Waals surface area contributed by atoms with Crippen molar-refractivity contribution in [2.75, 3.05) is 0 Å². The van der Waals surface area contributed by atoms with Crippen molar-refractivity contribution in [2.45, 2.75) is 48.8 Å². The van der Waals surface area contributed by atoms with Crippen molar-refractivity contribution in [3.05, 3.63) is 88.0 Å². The van der Waals surface area contributed by atoms with Crippen molar-refractivity contribution in [2.24, 2.45) is 0 Å². The summed E-state index contributed by atoms with van der Waals surface area (Å²) in [5.74, 6) is 0.725. The molecule has 0 saturated heterocycles. The van der Waals surface area contributed by atoms with Crippen LogP contribution in [0.5, 0.6) is 5.75 Å². The molecule has 1 aromatic heterocycles. The maximum Gasteiger partial charge on any atom is 0.353 e. The first-order valence-electron chi connectivity index (χ1n) is 9.20. The van der Waals surface area contributed by atoms with E-state index >= 15 is 0 Å². The fourth-order valence-electron chi connectivity index (χ4n) is 3.20.